The van der Waals surface area contributed by atoms with E-state index in [0.717, 1.165) is 33.5 Å². The fourth-order valence-electron chi connectivity index (χ4n) is 2.33. The minimum Gasteiger partial charge on any atom is -0.497 e. The fraction of sp³-hybridized carbons (Fsp3) is 0.474. The minimum absolute atomic E-state index is 0.00309. The van der Waals surface area contributed by atoms with E-state index in [4.69, 9.17) is 9.47 Å². The van der Waals surface area contributed by atoms with Gasteiger partial charge < -0.3 is 14.4 Å². The van der Waals surface area contributed by atoms with Gasteiger partial charge in [0, 0.05) is 13.5 Å². The first-order valence-electron chi connectivity index (χ1n) is 8.39. The Morgan fingerprint density at radius 1 is 1.24 bits per heavy atom. The van der Waals surface area contributed by atoms with Gasteiger partial charge in [0.15, 0.2) is 0 Å². The number of carbonyl (C=O) groups excluding carboxylic acids is 1. The standard InChI is InChI=1S/C19H26N2O3S/c1-13(2)12-17-20-14(3)18(25-17)19(22)21(4)10-11-24-16-8-6-15(23-5)7-9-16/h6-9,13H,10-12H2,1-5H3. The SMILES string of the molecule is COc1ccc(OCCN(C)C(=O)c2sc(CC(C)C)nc2C)cc1. The third kappa shape index (κ3) is 5.46. The van der Waals surface area contributed by atoms with Crippen molar-refractivity contribution in [1.29, 1.82) is 0 Å². The number of hydrogen-bond acceptors (Lipinski definition) is 5. The fourth-order valence-corrected chi connectivity index (χ4v) is 3.61. The normalized spacial score (nSPS) is 10.8. The number of rotatable bonds is 8. The number of nitrogens with zero attached hydrogens (tertiary/aromatic N) is 2. The van der Waals surface area contributed by atoms with E-state index in [1.54, 1.807) is 19.1 Å². The molecule has 0 saturated carbocycles. The highest BCUT2D eigenvalue weighted by Gasteiger charge is 2.19. The maximum Gasteiger partial charge on any atom is 0.265 e. The van der Waals surface area contributed by atoms with Gasteiger partial charge in [-0.05, 0) is 37.1 Å². The Hall–Kier alpha value is -2.08. The molecule has 0 fully saturated rings. The predicted octanol–water partition coefficient (Wildman–Crippen LogP) is 3.81. The van der Waals surface area contributed by atoms with Gasteiger partial charge in [0.05, 0.1) is 24.4 Å². The van der Waals surface area contributed by atoms with Gasteiger partial charge in [-0.2, -0.15) is 0 Å². The lowest BCUT2D eigenvalue weighted by atomic mass is 10.1. The Balaban J connectivity index is 1.88. The molecule has 0 unspecified atom stereocenters. The van der Waals surface area contributed by atoms with Crippen molar-refractivity contribution < 1.29 is 14.3 Å². The van der Waals surface area contributed by atoms with Gasteiger partial charge in [0.25, 0.3) is 5.91 Å². The molecule has 1 amide bonds. The van der Waals surface area contributed by atoms with E-state index >= 15 is 0 Å². The highest BCUT2D eigenvalue weighted by atomic mass is 32.1. The first-order chi connectivity index (χ1) is 11.9. The molecule has 0 atom stereocenters. The highest BCUT2D eigenvalue weighted by Crippen LogP contribution is 2.22. The summed E-state index contributed by atoms with van der Waals surface area (Å²) in [5, 5.41) is 1.03. The number of amides is 1. The van der Waals surface area contributed by atoms with E-state index < -0.39 is 0 Å². The van der Waals surface area contributed by atoms with E-state index in [1.165, 1.54) is 11.3 Å². The number of benzene rings is 1. The van der Waals surface area contributed by atoms with Crippen LogP contribution in [-0.4, -0.2) is 43.1 Å². The topological polar surface area (TPSA) is 51.7 Å². The molecule has 0 bridgehead atoms. The van der Waals surface area contributed by atoms with Crippen molar-refractivity contribution in [3.05, 3.63) is 39.8 Å². The van der Waals surface area contributed by atoms with Crippen LogP contribution in [0.25, 0.3) is 0 Å². The van der Waals surface area contributed by atoms with Crippen LogP contribution in [0.2, 0.25) is 0 Å². The second-order valence-electron chi connectivity index (χ2n) is 6.37. The molecule has 2 rings (SSSR count). The second-order valence-corrected chi connectivity index (χ2v) is 7.45. The molecule has 0 aliphatic carbocycles. The van der Waals surface area contributed by atoms with Gasteiger partial charge >= 0.3 is 0 Å². The largest absolute Gasteiger partial charge is 0.497 e. The summed E-state index contributed by atoms with van der Waals surface area (Å²) in [6, 6.07) is 7.40. The molecule has 0 N–H and O–H groups in total. The van der Waals surface area contributed by atoms with Crippen LogP contribution in [0.5, 0.6) is 11.5 Å². The summed E-state index contributed by atoms with van der Waals surface area (Å²) in [4.78, 5) is 19.5. The van der Waals surface area contributed by atoms with Crippen molar-refractivity contribution >= 4 is 17.2 Å². The molecule has 6 heteroatoms. The lowest BCUT2D eigenvalue weighted by Crippen LogP contribution is -2.30. The quantitative estimate of drug-likeness (QED) is 0.716. The van der Waals surface area contributed by atoms with Gasteiger partial charge in [0.2, 0.25) is 0 Å². The van der Waals surface area contributed by atoms with Crippen molar-refractivity contribution in [2.24, 2.45) is 5.92 Å². The molecule has 1 aromatic carbocycles. The number of carbonyl (C=O) groups is 1. The first-order valence-corrected chi connectivity index (χ1v) is 9.21. The van der Waals surface area contributed by atoms with Crippen molar-refractivity contribution in [2.75, 3.05) is 27.3 Å². The highest BCUT2D eigenvalue weighted by molar-refractivity contribution is 7.13. The number of thiazole rings is 1. The summed E-state index contributed by atoms with van der Waals surface area (Å²) in [5.74, 6) is 2.08. The maximum atomic E-state index is 12.6. The Morgan fingerprint density at radius 2 is 1.88 bits per heavy atom. The zero-order valence-corrected chi connectivity index (χ0v) is 16.4. The third-order valence-corrected chi connectivity index (χ3v) is 4.89. The molecule has 5 nitrogen and oxygen atoms in total. The summed E-state index contributed by atoms with van der Waals surface area (Å²) in [5.41, 5.74) is 0.813. The molecular weight excluding hydrogens is 336 g/mol. The molecular formula is C19H26N2O3S. The summed E-state index contributed by atoms with van der Waals surface area (Å²) in [7, 11) is 3.42. The lowest BCUT2D eigenvalue weighted by molar-refractivity contribution is 0.0777. The molecule has 2 aromatic rings. The minimum atomic E-state index is 0.00309. The number of methoxy groups -OCH3 is 1. The smallest absolute Gasteiger partial charge is 0.265 e. The Bertz CT molecular complexity index is 695. The zero-order valence-electron chi connectivity index (χ0n) is 15.5. The Morgan fingerprint density at radius 3 is 2.48 bits per heavy atom. The summed E-state index contributed by atoms with van der Waals surface area (Å²) in [6.07, 6.45) is 0.906. The lowest BCUT2D eigenvalue weighted by Gasteiger charge is -2.17. The van der Waals surface area contributed by atoms with E-state index in [1.807, 2.05) is 31.2 Å². The number of likely N-dealkylation sites (N-methyl/N-ethyl adjacent to an activating group) is 1. The number of aromatic nitrogens is 1. The van der Waals surface area contributed by atoms with E-state index in [2.05, 4.69) is 18.8 Å². The molecule has 0 saturated heterocycles. The van der Waals surface area contributed by atoms with Crippen LogP contribution >= 0.6 is 11.3 Å². The second kappa shape index (κ2) is 8.85. The number of ether oxygens (including phenoxy) is 2. The summed E-state index contributed by atoms with van der Waals surface area (Å²) in [6.45, 7) is 7.16. The molecule has 0 aliphatic heterocycles. The van der Waals surface area contributed by atoms with Crippen LogP contribution in [0, 0.1) is 12.8 Å². The molecule has 0 radical (unpaired) electrons. The molecule has 1 heterocycles. The molecule has 136 valence electrons. The number of aryl methyl sites for hydroxylation is 1. The monoisotopic (exact) mass is 362 g/mol. The molecule has 0 spiro atoms. The van der Waals surface area contributed by atoms with Crippen molar-refractivity contribution in [2.45, 2.75) is 27.2 Å². The van der Waals surface area contributed by atoms with Crippen LogP contribution in [0.1, 0.15) is 34.2 Å². The van der Waals surface area contributed by atoms with Crippen molar-refractivity contribution in [3.63, 3.8) is 0 Å². The van der Waals surface area contributed by atoms with Gasteiger partial charge in [-0.3, -0.25) is 4.79 Å². The van der Waals surface area contributed by atoms with E-state index in [0.29, 0.717) is 19.1 Å². The Kier molecular flexibility index (Phi) is 6.82. The average molecular weight is 362 g/mol. The van der Waals surface area contributed by atoms with Crippen LogP contribution in [0.3, 0.4) is 0 Å². The van der Waals surface area contributed by atoms with Crippen LogP contribution in [0.4, 0.5) is 0 Å². The van der Waals surface area contributed by atoms with Gasteiger partial charge in [0.1, 0.15) is 23.0 Å². The van der Waals surface area contributed by atoms with Crippen molar-refractivity contribution in [3.8, 4) is 11.5 Å². The van der Waals surface area contributed by atoms with Crippen LogP contribution < -0.4 is 9.47 Å². The van der Waals surface area contributed by atoms with Gasteiger partial charge in [-0.15, -0.1) is 11.3 Å². The van der Waals surface area contributed by atoms with Crippen LogP contribution in [0.15, 0.2) is 24.3 Å². The zero-order chi connectivity index (χ0) is 18.4. The van der Waals surface area contributed by atoms with Gasteiger partial charge in [-0.25, -0.2) is 4.98 Å². The summed E-state index contributed by atoms with van der Waals surface area (Å²) >= 11 is 1.50. The first kappa shape index (κ1) is 19.2. The summed E-state index contributed by atoms with van der Waals surface area (Å²) < 4.78 is 10.8. The predicted molar refractivity (Wildman–Crippen MR) is 101 cm³/mol. The van der Waals surface area contributed by atoms with Gasteiger partial charge in [-0.1, -0.05) is 13.8 Å². The molecule has 25 heavy (non-hydrogen) atoms. The van der Waals surface area contributed by atoms with E-state index in [9.17, 15) is 4.79 Å². The Labute approximate surface area is 153 Å². The van der Waals surface area contributed by atoms with E-state index in [-0.39, 0.29) is 5.91 Å². The average Bonchev–Trinajstić information content (AvgIpc) is 2.94. The molecule has 1 aromatic heterocycles. The maximum absolute atomic E-state index is 12.6. The molecule has 0 aliphatic rings. The van der Waals surface area contributed by atoms with Crippen LogP contribution in [-0.2, 0) is 6.42 Å². The third-order valence-electron chi connectivity index (χ3n) is 3.72. The number of hydrogen-bond donors (Lipinski definition) is 0. The van der Waals surface area contributed by atoms with Crippen molar-refractivity contribution in [1.82, 2.24) is 9.88 Å².